The van der Waals surface area contributed by atoms with Gasteiger partial charge in [0.25, 0.3) is 5.88 Å². The molecule has 1 N–H and O–H groups in total. The molecule has 0 unspecified atom stereocenters. The van der Waals surface area contributed by atoms with E-state index in [2.05, 4.69) is 15.4 Å². The number of para-hydroxylation sites is 1. The Kier molecular flexibility index (Phi) is 5.36. The summed E-state index contributed by atoms with van der Waals surface area (Å²) in [5, 5.41) is 7.30. The number of fused-ring (bicyclic) bond motifs is 1. The number of nitrogens with one attached hydrogen (secondary N) is 1. The van der Waals surface area contributed by atoms with E-state index in [1.54, 1.807) is 48.5 Å². The Hall–Kier alpha value is -3.85. The number of halogens is 1. The summed E-state index contributed by atoms with van der Waals surface area (Å²) >= 11 is 6.12. The van der Waals surface area contributed by atoms with E-state index in [1.165, 1.54) is 23.9 Å². The first-order valence-electron chi connectivity index (χ1n) is 8.85. The normalized spacial score (nSPS) is 10.7. The monoisotopic (exact) mass is 425 g/mol. The molecule has 0 spiro atoms. The SMILES string of the molecule is COc1cccc(NC(=O)Cn2nc3c(Oc4ccccc4Cl)nccn3c2=O)c1. The van der Waals surface area contributed by atoms with Gasteiger partial charge >= 0.3 is 5.69 Å². The highest BCUT2D eigenvalue weighted by atomic mass is 35.5. The highest BCUT2D eigenvalue weighted by Gasteiger charge is 2.16. The Labute approximate surface area is 175 Å². The van der Waals surface area contributed by atoms with E-state index < -0.39 is 11.6 Å². The number of hydrogen-bond donors (Lipinski definition) is 1. The fourth-order valence-electron chi connectivity index (χ4n) is 2.77. The number of aromatic nitrogens is 4. The summed E-state index contributed by atoms with van der Waals surface area (Å²) in [6.07, 6.45) is 2.85. The Morgan fingerprint density at radius 1 is 1.20 bits per heavy atom. The van der Waals surface area contributed by atoms with Crippen LogP contribution >= 0.6 is 11.6 Å². The van der Waals surface area contributed by atoms with Gasteiger partial charge in [-0.3, -0.25) is 4.79 Å². The molecule has 0 aliphatic carbocycles. The lowest BCUT2D eigenvalue weighted by Gasteiger charge is -2.06. The lowest BCUT2D eigenvalue weighted by molar-refractivity contribution is -0.117. The van der Waals surface area contributed by atoms with Gasteiger partial charge in [0, 0.05) is 24.1 Å². The molecular formula is C20H16ClN5O4. The van der Waals surface area contributed by atoms with Crippen LogP contribution in [-0.4, -0.2) is 32.2 Å². The van der Waals surface area contributed by atoms with Crippen molar-refractivity contribution in [2.24, 2.45) is 0 Å². The van der Waals surface area contributed by atoms with Crippen molar-refractivity contribution < 1.29 is 14.3 Å². The third-order valence-electron chi connectivity index (χ3n) is 4.16. The summed E-state index contributed by atoms with van der Waals surface area (Å²) in [6, 6.07) is 13.8. The Balaban J connectivity index is 1.59. The number of nitrogens with zero attached hydrogens (tertiary/aromatic N) is 4. The van der Waals surface area contributed by atoms with Gasteiger partial charge in [-0.25, -0.2) is 18.9 Å². The highest BCUT2D eigenvalue weighted by Crippen LogP contribution is 2.29. The van der Waals surface area contributed by atoms with Crippen molar-refractivity contribution in [2.75, 3.05) is 12.4 Å². The molecule has 30 heavy (non-hydrogen) atoms. The van der Waals surface area contributed by atoms with Crippen molar-refractivity contribution in [1.82, 2.24) is 19.2 Å². The van der Waals surface area contributed by atoms with E-state index in [1.807, 2.05) is 0 Å². The number of anilines is 1. The molecule has 0 atom stereocenters. The van der Waals surface area contributed by atoms with Gasteiger partial charge in [-0.1, -0.05) is 29.8 Å². The molecule has 2 heterocycles. The molecule has 4 aromatic rings. The number of benzene rings is 2. The molecule has 152 valence electrons. The fourth-order valence-corrected chi connectivity index (χ4v) is 2.94. The third-order valence-corrected chi connectivity index (χ3v) is 4.47. The number of ether oxygens (including phenoxy) is 2. The molecule has 0 fully saturated rings. The van der Waals surface area contributed by atoms with E-state index in [0.29, 0.717) is 22.2 Å². The average molecular weight is 426 g/mol. The summed E-state index contributed by atoms with van der Waals surface area (Å²) in [4.78, 5) is 29.2. The number of hydrogen-bond acceptors (Lipinski definition) is 6. The second kappa shape index (κ2) is 8.26. The lowest BCUT2D eigenvalue weighted by atomic mass is 10.3. The molecule has 0 bridgehead atoms. The largest absolute Gasteiger partial charge is 0.497 e. The second-order valence-electron chi connectivity index (χ2n) is 6.18. The summed E-state index contributed by atoms with van der Waals surface area (Å²) in [7, 11) is 1.54. The van der Waals surface area contributed by atoms with Crippen LogP contribution in [-0.2, 0) is 11.3 Å². The predicted molar refractivity (Wildman–Crippen MR) is 110 cm³/mol. The van der Waals surface area contributed by atoms with Crippen LogP contribution in [0, 0.1) is 0 Å². The van der Waals surface area contributed by atoms with Crippen LogP contribution in [0.15, 0.2) is 65.7 Å². The molecular weight excluding hydrogens is 410 g/mol. The summed E-state index contributed by atoms with van der Waals surface area (Å²) < 4.78 is 13.1. The minimum absolute atomic E-state index is 0.0923. The molecule has 2 aromatic carbocycles. The number of methoxy groups -OCH3 is 1. The van der Waals surface area contributed by atoms with E-state index >= 15 is 0 Å². The van der Waals surface area contributed by atoms with Crippen molar-refractivity contribution in [3.05, 3.63) is 76.4 Å². The van der Waals surface area contributed by atoms with Crippen LogP contribution in [0.25, 0.3) is 5.65 Å². The van der Waals surface area contributed by atoms with E-state index in [0.717, 1.165) is 4.68 Å². The van der Waals surface area contributed by atoms with Gasteiger partial charge < -0.3 is 14.8 Å². The third kappa shape index (κ3) is 3.96. The second-order valence-corrected chi connectivity index (χ2v) is 6.59. The maximum absolute atomic E-state index is 12.6. The minimum atomic E-state index is -0.503. The van der Waals surface area contributed by atoms with Gasteiger partial charge in [-0.05, 0) is 24.3 Å². The van der Waals surface area contributed by atoms with E-state index in [-0.39, 0.29) is 18.1 Å². The first kappa shape index (κ1) is 19.5. The van der Waals surface area contributed by atoms with Crippen LogP contribution in [0.2, 0.25) is 5.02 Å². The molecule has 0 aliphatic heterocycles. The number of amides is 1. The standard InChI is InChI=1S/C20H16ClN5O4/c1-29-14-6-4-5-13(11-14)23-17(27)12-26-20(28)25-10-9-22-19(18(25)24-26)30-16-8-3-2-7-15(16)21/h2-11H,12H2,1H3,(H,23,27). The summed E-state index contributed by atoms with van der Waals surface area (Å²) in [6.45, 7) is -0.288. The molecule has 10 heteroatoms. The van der Waals surface area contributed by atoms with Crippen LogP contribution in [0.4, 0.5) is 5.69 Å². The zero-order valence-corrected chi connectivity index (χ0v) is 16.5. The average Bonchev–Trinajstić information content (AvgIpc) is 3.06. The van der Waals surface area contributed by atoms with Gasteiger partial charge in [0.05, 0.1) is 12.1 Å². The van der Waals surface area contributed by atoms with Crippen LogP contribution in [0.1, 0.15) is 0 Å². The highest BCUT2D eigenvalue weighted by molar-refractivity contribution is 6.32. The maximum Gasteiger partial charge on any atom is 0.351 e. The van der Waals surface area contributed by atoms with Crippen LogP contribution < -0.4 is 20.5 Å². The van der Waals surface area contributed by atoms with E-state index in [4.69, 9.17) is 21.1 Å². The predicted octanol–water partition coefficient (Wildman–Crippen LogP) is 2.98. The van der Waals surface area contributed by atoms with Crippen molar-refractivity contribution in [2.45, 2.75) is 6.54 Å². The number of rotatable bonds is 6. The van der Waals surface area contributed by atoms with Gasteiger partial charge in [0.1, 0.15) is 18.0 Å². The molecule has 0 aliphatic rings. The molecule has 9 nitrogen and oxygen atoms in total. The lowest BCUT2D eigenvalue weighted by Crippen LogP contribution is -2.28. The first-order valence-corrected chi connectivity index (χ1v) is 9.23. The molecule has 2 aromatic heterocycles. The van der Waals surface area contributed by atoms with E-state index in [9.17, 15) is 9.59 Å². The molecule has 0 saturated carbocycles. The van der Waals surface area contributed by atoms with Crippen molar-refractivity contribution in [1.29, 1.82) is 0 Å². The molecule has 4 rings (SSSR count). The topological polar surface area (TPSA) is 99.8 Å². The Bertz CT molecular complexity index is 1280. The van der Waals surface area contributed by atoms with Gasteiger partial charge in [-0.2, -0.15) is 0 Å². The number of carbonyl (C=O) groups excluding carboxylic acids is 1. The Morgan fingerprint density at radius 2 is 2.03 bits per heavy atom. The quantitative estimate of drug-likeness (QED) is 0.509. The zero-order valence-electron chi connectivity index (χ0n) is 15.8. The van der Waals surface area contributed by atoms with Crippen molar-refractivity contribution in [3.63, 3.8) is 0 Å². The van der Waals surface area contributed by atoms with Gasteiger partial charge in [0.2, 0.25) is 11.6 Å². The van der Waals surface area contributed by atoms with Crippen LogP contribution in [0.3, 0.4) is 0 Å². The van der Waals surface area contributed by atoms with Gasteiger partial charge in [-0.15, -0.1) is 5.10 Å². The number of carbonyl (C=O) groups is 1. The molecule has 0 saturated heterocycles. The zero-order chi connectivity index (χ0) is 21.1. The molecule has 1 amide bonds. The van der Waals surface area contributed by atoms with Crippen molar-refractivity contribution >= 4 is 28.8 Å². The first-order chi connectivity index (χ1) is 14.5. The van der Waals surface area contributed by atoms with Crippen molar-refractivity contribution in [3.8, 4) is 17.4 Å². The Morgan fingerprint density at radius 3 is 2.83 bits per heavy atom. The minimum Gasteiger partial charge on any atom is -0.497 e. The smallest absolute Gasteiger partial charge is 0.351 e. The van der Waals surface area contributed by atoms with Crippen LogP contribution in [0.5, 0.6) is 17.4 Å². The fraction of sp³-hybridized carbons (Fsp3) is 0.100. The summed E-state index contributed by atoms with van der Waals surface area (Å²) in [5.74, 6) is 0.646. The molecule has 0 radical (unpaired) electrons. The maximum atomic E-state index is 12.6. The summed E-state index contributed by atoms with van der Waals surface area (Å²) in [5.41, 5.74) is 0.203. The van der Waals surface area contributed by atoms with Gasteiger partial charge in [0.15, 0.2) is 0 Å².